The Morgan fingerprint density at radius 1 is 1.00 bits per heavy atom. The second-order valence-electron chi connectivity index (χ2n) is 2.64. The van der Waals surface area contributed by atoms with Crippen molar-refractivity contribution < 1.29 is 0 Å². The summed E-state index contributed by atoms with van der Waals surface area (Å²) in [6.07, 6.45) is 0. The van der Waals surface area contributed by atoms with E-state index in [4.69, 9.17) is 34.8 Å². The maximum Gasteiger partial charge on any atom is 0.0934 e. The van der Waals surface area contributed by atoms with Crippen molar-refractivity contribution in [1.82, 2.24) is 0 Å². The first kappa shape index (κ1) is 10.3. The zero-order valence-electron chi connectivity index (χ0n) is 6.85. The molecule has 0 saturated carbocycles. The molecule has 14 heavy (non-hydrogen) atoms. The molecule has 1 aromatic heterocycles. The maximum atomic E-state index is 6.00. The van der Waals surface area contributed by atoms with E-state index in [0.717, 1.165) is 14.8 Å². The van der Waals surface area contributed by atoms with Crippen LogP contribution in [0.2, 0.25) is 14.4 Å². The first-order valence-electron chi connectivity index (χ1n) is 3.80. The molecule has 2 rings (SSSR count). The van der Waals surface area contributed by atoms with Gasteiger partial charge in [-0.2, -0.15) is 0 Å². The summed E-state index contributed by atoms with van der Waals surface area (Å²) in [6, 6.07) is 10.2. The maximum absolute atomic E-state index is 6.00. The third-order valence-corrected chi connectivity index (χ3v) is 3.48. The van der Waals surface area contributed by atoms with Crippen LogP contribution in [0.1, 0.15) is 0 Å². The molecule has 0 N–H and O–H groups in total. The van der Waals surface area contributed by atoms with Crippen LogP contribution in [0.25, 0.3) is 10.4 Å². The number of hydrogen-bond donors (Lipinski definition) is 0. The van der Waals surface area contributed by atoms with Gasteiger partial charge in [-0.05, 0) is 18.2 Å². The number of halogens is 3. The molecule has 0 fully saturated rings. The minimum Gasteiger partial charge on any atom is -0.123 e. The van der Waals surface area contributed by atoms with E-state index in [1.165, 1.54) is 11.3 Å². The van der Waals surface area contributed by atoms with Gasteiger partial charge in [-0.3, -0.25) is 0 Å². The molecule has 0 aliphatic rings. The Bertz CT molecular complexity index is 462. The highest BCUT2D eigenvalue weighted by atomic mass is 35.5. The minimum atomic E-state index is 0.515. The number of thiophene rings is 1. The highest BCUT2D eigenvalue weighted by molar-refractivity contribution is 7.19. The van der Waals surface area contributed by atoms with Gasteiger partial charge in [0.05, 0.1) is 14.4 Å². The van der Waals surface area contributed by atoms with Crippen molar-refractivity contribution in [3.63, 3.8) is 0 Å². The molecule has 0 aliphatic heterocycles. The van der Waals surface area contributed by atoms with Gasteiger partial charge in [-0.25, -0.2) is 0 Å². The highest BCUT2D eigenvalue weighted by Crippen LogP contribution is 2.35. The van der Waals surface area contributed by atoms with Gasteiger partial charge < -0.3 is 0 Å². The van der Waals surface area contributed by atoms with Crippen LogP contribution in [0.3, 0.4) is 0 Å². The second-order valence-corrected chi connectivity index (χ2v) is 5.14. The SMILES string of the molecule is Clc1[c]c(Cl)c(-c2ccc(Cl)s2)cc1. The molecule has 1 aromatic carbocycles. The van der Waals surface area contributed by atoms with Crippen LogP contribution in [0.4, 0.5) is 0 Å². The molecule has 2 aromatic rings. The zero-order chi connectivity index (χ0) is 10.1. The van der Waals surface area contributed by atoms with Crippen molar-refractivity contribution in [3.8, 4) is 10.4 Å². The molecule has 0 atom stereocenters. The average molecular weight is 263 g/mol. The lowest BCUT2D eigenvalue weighted by Gasteiger charge is -2.00. The molecule has 0 spiro atoms. The van der Waals surface area contributed by atoms with E-state index in [-0.39, 0.29) is 0 Å². The summed E-state index contributed by atoms with van der Waals surface area (Å²) in [4.78, 5) is 1.02. The molecule has 71 valence electrons. The normalized spacial score (nSPS) is 10.5. The summed E-state index contributed by atoms with van der Waals surface area (Å²) in [6.45, 7) is 0. The van der Waals surface area contributed by atoms with Gasteiger partial charge in [0.15, 0.2) is 0 Å². The standard InChI is InChI=1S/C10H4Cl3S/c11-6-1-2-7(8(12)5-6)9-3-4-10(13)14-9/h1-4H. The van der Waals surface area contributed by atoms with Gasteiger partial charge >= 0.3 is 0 Å². The quantitative estimate of drug-likeness (QED) is 0.664. The Balaban J connectivity index is 2.52. The Morgan fingerprint density at radius 2 is 1.79 bits per heavy atom. The number of hydrogen-bond acceptors (Lipinski definition) is 1. The topological polar surface area (TPSA) is 0 Å². The lowest BCUT2D eigenvalue weighted by atomic mass is 10.2. The first-order chi connectivity index (χ1) is 6.66. The van der Waals surface area contributed by atoms with Crippen LogP contribution in [0.5, 0.6) is 0 Å². The fraction of sp³-hybridized carbons (Fsp3) is 0. The van der Waals surface area contributed by atoms with Crippen molar-refractivity contribution in [2.45, 2.75) is 0 Å². The van der Waals surface area contributed by atoms with E-state index in [2.05, 4.69) is 6.07 Å². The Labute approximate surface area is 101 Å². The molecule has 1 heterocycles. The van der Waals surface area contributed by atoms with Crippen molar-refractivity contribution in [2.24, 2.45) is 0 Å². The Kier molecular flexibility index (Phi) is 3.03. The van der Waals surface area contributed by atoms with Gasteiger partial charge in [0.1, 0.15) is 0 Å². The van der Waals surface area contributed by atoms with Gasteiger partial charge in [0.25, 0.3) is 0 Å². The summed E-state index contributed by atoms with van der Waals surface area (Å²) in [5.74, 6) is 0. The molecule has 0 aliphatic carbocycles. The Hall–Kier alpha value is -0.210. The molecule has 0 saturated heterocycles. The lowest BCUT2D eigenvalue weighted by Crippen LogP contribution is -1.75. The fourth-order valence-electron chi connectivity index (χ4n) is 1.09. The largest absolute Gasteiger partial charge is 0.123 e. The molecule has 0 amide bonds. The van der Waals surface area contributed by atoms with Crippen molar-refractivity contribution in [1.29, 1.82) is 0 Å². The average Bonchev–Trinajstić information content (AvgIpc) is 2.51. The fourth-order valence-corrected chi connectivity index (χ4v) is 2.70. The smallest absolute Gasteiger partial charge is 0.0934 e. The summed E-state index contributed by atoms with van der Waals surface area (Å²) in [5, 5.41) is 1.04. The molecule has 0 bridgehead atoms. The highest BCUT2D eigenvalue weighted by Gasteiger charge is 2.06. The first-order valence-corrected chi connectivity index (χ1v) is 5.75. The van der Waals surface area contributed by atoms with Gasteiger partial charge in [0, 0.05) is 16.5 Å². The third-order valence-electron chi connectivity index (χ3n) is 1.70. The van der Waals surface area contributed by atoms with Gasteiger partial charge in [-0.15, -0.1) is 11.3 Å². The predicted octanol–water partition coefficient (Wildman–Crippen LogP) is 5.18. The monoisotopic (exact) mass is 261 g/mol. The number of benzene rings is 1. The summed E-state index contributed by atoms with van der Waals surface area (Å²) < 4.78 is 0.742. The van der Waals surface area contributed by atoms with E-state index < -0.39 is 0 Å². The van der Waals surface area contributed by atoms with Crippen LogP contribution in [-0.2, 0) is 0 Å². The van der Waals surface area contributed by atoms with Crippen molar-refractivity contribution in [2.75, 3.05) is 0 Å². The lowest BCUT2D eigenvalue weighted by molar-refractivity contribution is 1.68. The summed E-state index contributed by atoms with van der Waals surface area (Å²) in [7, 11) is 0. The molecule has 1 radical (unpaired) electrons. The molecular weight excluding hydrogens is 259 g/mol. The Morgan fingerprint density at radius 3 is 2.36 bits per heavy atom. The zero-order valence-corrected chi connectivity index (χ0v) is 9.94. The second kappa shape index (κ2) is 4.11. The summed E-state index contributed by atoms with van der Waals surface area (Å²) in [5.41, 5.74) is 0.910. The van der Waals surface area contributed by atoms with Gasteiger partial charge in [0.2, 0.25) is 0 Å². The van der Waals surface area contributed by atoms with Crippen LogP contribution in [0, 0.1) is 6.07 Å². The van der Waals surface area contributed by atoms with Crippen LogP contribution >= 0.6 is 46.1 Å². The summed E-state index contributed by atoms with van der Waals surface area (Å²) >= 11 is 19.1. The van der Waals surface area contributed by atoms with E-state index >= 15 is 0 Å². The van der Waals surface area contributed by atoms with E-state index in [0.29, 0.717) is 10.0 Å². The number of rotatable bonds is 1. The van der Waals surface area contributed by atoms with E-state index in [9.17, 15) is 0 Å². The molecular formula is C10H4Cl3S. The predicted molar refractivity (Wildman–Crippen MR) is 63.6 cm³/mol. The van der Waals surface area contributed by atoms with E-state index in [1.54, 1.807) is 6.07 Å². The molecule has 4 heteroatoms. The molecule has 0 nitrogen and oxygen atoms in total. The van der Waals surface area contributed by atoms with Crippen LogP contribution in [0.15, 0.2) is 24.3 Å². The molecule has 0 unspecified atom stereocenters. The van der Waals surface area contributed by atoms with Crippen LogP contribution < -0.4 is 0 Å². The van der Waals surface area contributed by atoms with Gasteiger partial charge in [-0.1, -0.05) is 40.9 Å². The van der Waals surface area contributed by atoms with E-state index in [1.807, 2.05) is 18.2 Å². The van der Waals surface area contributed by atoms with Crippen LogP contribution in [-0.4, -0.2) is 0 Å². The minimum absolute atomic E-state index is 0.515. The van der Waals surface area contributed by atoms with Crippen molar-refractivity contribution in [3.05, 3.63) is 44.7 Å². The van der Waals surface area contributed by atoms with Crippen molar-refractivity contribution >= 4 is 46.1 Å². The third kappa shape index (κ3) is 2.06.